The van der Waals surface area contributed by atoms with Gasteiger partial charge in [-0.1, -0.05) is 12.8 Å². The van der Waals surface area contributed by atoms with Gasteiger partial charge in [-0.3, -0.25) is 0 Å². The minimum atomic E-state index is 0.0794. The molecule has 0 bridgehead atoms. The quantitative estimate of drug-likeness (QED) is 0.791. The minimum Gasteiger partial charge on any atom is -0.395 e. The second kappa shape index (κ2) is 5.53. The molecule has 4 heteroatoms. The van der Waals surface area contributed by atoms with Crippen LogP contribution in [0.25, 0.3) is 0 Å². The summed E-state index contributed by atoms with van der Waals surface area (Å²) in [7, 11) is 0. The number of carbonyl (C=O) groups is 1. The molecular formula is C12H22N2O2. The highest BCUT2D eigenvalue weighted by atomic mass is 16.3. The zero-order valence-electron chi connectivity index (χ0n) is 9.90. The lowest BCUT2D eigenvalue weighted by molar-refractivity contribution is 0.126. The second-order valence-corrected chi connectivity index (χ2v) is 4.83. The van der Waals surface area contributed by atoms with Gasteiger partial charge in [-0.15, -0.1) is 0 Å². The molecule has 2 rings (SSSR count). The number of hydrogen-bond acceptors (Lipinski definition) is 2. The van der Waals surface area contributed by atoms with E-state index in [1.54, 1.807) is 0 Å². The second-order valence-electron chi connectivity index (χ2n) is 4.83. The Morgan fingerprint density at radius 2 is 1.81 bits per heavy atom. The predicted molar refractivity (Wildman–Crippen MR) is 62.3 cm³/mol. The van der Waals surface area contributed by atoms with Crippen LogP contribution < -0.4 is 0 Å². The molecule has 1 N–H and O–H groups in total. The Hall–Kier alpha value is -0.770. The SMILES string of the molecule is O=C(N1CCCC1)N(CCO)C1CCCC1. The van der Waals surface area contributed by atoms with E-state index in [2.05, 4.69) is 0 Å². The van der Waals surface area contributed by atoms with Crippen molar-refractivity contribution < 1.29 is 9.90 Å². The summed E-state index contributed by atoms with van der Waals surface area (Å²) in [6, 6.07) is 0.527. The first-order chi connectivity index (χ1) is 7.83. The average molecular weight is 226 g/mol. The molecule has 2 amide bonds. The first kappa shape index (κ1) is 11.7. The number of amides is 2. The molecule has 1 aliphatic carbocycles. The summed E-state index contributed by atoms with van der Waals surface area (Å²) < 4.78 is 0. The van der Waals surface area contributed by atoms with Crippen molar-refractivity contribution in [1.29, 1.82) is 0 Å². The average Bonchev–Trinajstić information content (AvgIpc) is 2.96. The van der Waals surface area contributed by atoms with Crippen molar-refractivity contribution in [3.8, 4) is 0 Å². The number of likely N-dealkylation sites (tertiary alicyclic amines) is 1. The molecule has 1 saturated heterocycles. The molecule has 0 spiro atoms. The summed E-state index contributed by atoms with van der Waals surface area (Å²) in [5.41, 5.74) is 0. The highest BCUT2D eigenvalue weighted by Gasteiger charge is 2.30. The predicted octanol–water partition coefficient (Wildman–Crippen LogP) is 1.44. The van der Waals surface area contributed by atoms with E-state index in [4.69, 9.17) is 5.11 Å². The molecule has 92 valence electrons. The maximum absolute atomic E-state index is 12.3. The fourth-order valence-electron chi connectivity index (χ4n) is 2.85. The van der Waals surface area contributed by atoms with E-state index >= 15 is 0 Å². The van der Waals surface area contributed by atoms with Crippen molar-refractivity contribution in [2.75, 3.05) is 26.2 Å². The maximum atomic E-state index is 12.3. The van der Waals surface area contributed by atoms with Gasteiger partial charge in [0.05, 0.1) is 6.61 Å². The molecule has 0 unspecified atom stereocenters. The Labute approximate surface area is 97.2 Å². The van der Waals surface area contributed by atoms with Gasteiger partial charge >= 0.3 is 6.03 Å². The van der Waals surface area contributed by atoms with E-state index in [1.807, 2.05) is 9.80 Å². The Morgan fingerprint density at radius 3 is 2.38 bits per heavy atom. The molecule has 2 fully saturated rings. The molecule has 4 nitrogen and oxygen atoms in total. The third-order valence-electron chi connectivity index (χ3n) is 3.73. The summed E-state index contributed by atoms with van der Waals surface area (Å²) in [5, 5.41) is 9.08. The van der Waals surface area contributed by atoms with Gasteiger partial charge in [0.15, 0.2) is 0 Å². The van der Waals surface area contributed by atoms with Crippen molar-refractivity contribution in [3.63, 3.8) is 0 Å². The number of rotatable bonds is 3. The van der Waals surface area contributed by atoms with Crippen molar-refractivity contribution in [2.24, 2.45) is 0 Å². The number of nitrogens with zero attached hydrogens (tertiary/aromatic N) is 2. The van der Waals surface area contributed by atoms with Crippen molar-refractivity contribution in [1.82, 2.24) is 9.80 Å². The molecule has 0 atom stereocenters. The van der Waals surface area contributed by atoms with Crippen LogP contribution in [0.4, 0.5) is 4.79 Å². The van der Waals surface area contributed by atoms with Crippen molar-refractivity contribution >= 4 is 6.03 Å². The van der Waals surface area contributed by atoms with E-state index in [1.165, 1.54) is 12.8 Å². The van der Waals surface area contributed by atoms with Gasteiger partial charge in [0.1, 0.15) is 0 Å². The van der Waals surface area contributed by atoms with Gasteiger partial charge in [-0.05, 0) is 25.7 Å². The maximum Gasteiger partial charge on any atom is 0.320 e. The van der Waals surface area contributed by atoms with E-state index in [-0.39, 0.29) is 12.6 Å². The van der Waals surface area contributed by atoms with Gasteiger partial charge in [-0.2, -0.15) is 0 Å². The van der Waals surface area contributed by atoms with Crippen LogP contribution in [0.15, 0.2) is 0 Å². The highest BCUT2D eigenvalue weighted by molar-refractivity contribution is 5.75. The lowest BCUT2D eigenvalue weighted by Gasteiger charge is -2.32. The summed E-state index contributed by atoms with van der Waals surface area (Å²) in [6.45, 7) is 2.37. The Kier molecular flexibility index (Phi) is 4.04. The molecule has 1 heterocycles. The molecule has 1 aliphatic heterocycles. The monoisotopic (exact) mass is 226 g/mol. The highest BCUT2D eigenvalue weighted by Crippen LogP contribution is 2.25. The summed E-state index contributed by atoms with van der Waals surface area (Å²) in [5.74, 6) is 0. The Balaban J connectivity index is 1.96. The minimum absolute atomic E-state index is 0.0794. The first-order valence-corrected chi connectivity index (χ1v) is 6.49. The van der Waals surface area contributed by atoms with Crippen LogP contribution in [-0.4, -0.2) is 53.2 Å². The number of aliphatic hydroxyl groups is 1. The van der Waals surface area contributed by atoms with Gasteiger partial charge in [0, 0.05) is 25.7 Å². The first-order valence-electron chi connectivity index (χ1n) is 6.49. The largest absolute Gasteiger partial charge is 0.395 e. The third kappa shape index (κ3) is 2.48. The Bertz CT molecular complexity index is 233. The number of aliphatic hydroxyl groups excluding tert-OH is 1. The fraction of sp³-hybridized carbons (Fsp3) is 0.917. The third-order valence-corrected chi connectivity index (χ3v) is 3.73. The van der Waals surface area contributed by atoms with Crippen LogP contribution in [0.3, 0.4) is 0 Å². The van der Waals surface area contributed by atoms with Crippen LogP contribution in [0.1, 0.15) is 38.5 Å². The van der Waals surface area contributed by atoms with Gasteiger partial charge in [-0.25, -0.2) is 4.79 Å². The number of carbonyl (C=O) groups excluding carboxylic acids is 1. The normalized spacial score (nSPS) is 21.7. The van der Waals surface area contributed by atoms with Crippen LogP contribution >= 0.6 is 0 Å². The Morgan fingerprint density at radius 1 is 1.19 bits per heavy atom. The molecular weight excluding hydrogens is 204 g/mol. The van der Waals surface area contributed by atoms with E-state index in [0.717, 1.165) is 38.8 Å². The standard InChI is InChI=1S/C12H22N2O2/c15-10-9-14(11-5-1-2-6-11)12(16)13-7-3-4-8-13/h11,15H,1-10H2. The lowest BCUT2D eigenvalue weighted by atomic mass is 10.2. The smallest absolute Gasteiger partial charge is 0.320 e. The molecule has 2 aliphatic rings. The van der Waals surface area contributed by atoms with E-state index < -0.39 is 0 Å². The van der Waals surface area contributed by atoms with Crippen molar-refractivity contribution in [3.05, 3.63) is 0 Å². The molecule has 16 heavy (non-hydrogen) atoms. The van der Waals surface area contributed by atoms with E-state index in [9.17, 15) is 4.79 Å². The topological polar surface area (TPSA) is 43.8 Å². The van der Waals surface area contributed by atoms with Crippen LogP contribution in [0.5, 0.6) is 0 Å². The van der Waals surface area contributed by atoms with Crippen molar-refractivity contribution in [2.45, 2.75) is 44.6 Å². The van der Waals surface area contributed by atoms with Gasteiger partial charge in [0.2, 0.25) is 0 Å². The van der Waals surface area contributed by atoms with E-state index in [0.29, 0.717) is 12.6 Å². The number of urea groups is 1. The molecule has 1 saturated carbocycles. The van der Waals surface area contributed by atoms with Crippen LogP contribution in [0, 0.1) is 0 Å². The fourth-order valence-corrected chi connectivity index (χ4v) is 2.85. The molecule has 0 aromatic rings. The van der Waals surface area contributed by atoms with Gasteiger partial charge < -0.3 is 14.9 Å². The molecule has 0 aromatic carbocycles. The zero-order chi connectivity index (χ0) is 11.4. The summed E-state index contributed by atoms with van der Waals surface area (Å²) in [6.07, 6.45) is 6.92. The summed E-state index contributed by atoms with van der Waals surface area (Å²) >= 11 is 0. The zero-order valence-corrected chi connectivity index (χ0v) is 9.90. The lowest BCUT2D eigenvalue weighted by Crippen LogP contribution is -2.47. The van der Waals surface area contributed by atoms with Crippen LogP contribution in [0.2, 0.25) is 0 Å². The summed E-state index contributed by atoms with van der Waals surface area (Å²) in [4.78, 5) is 16.1. The molecule has 0 aromatic heterocycles. The van der Waals surface area contributed by atoms with Gasteiger partial charge in [0.25, 0.3) is 0 Å². The molecule has 0 radical (unpaired) electrons. The van der Waals surface area contributed by atoms with Crippen LogP contribution in [-0.2, 0) is 0 Å². The number of hydrogen-bond donors (Lipinski definition) is 1.